The second kappa shape index (κ2) is 7.44. The van der Waals surface area contributed by atoms with Crippen LogP contribution in [0.4, 0.5) is 0 Å². The Bertz CT molecular complexity index is 692. The van der Waals surface area contributed by atoms with Crippen LogP contribution < -0.4 is 5.32 Å². The van der Waals surface area contributed by atoms with Gasteiger partial charge in [-0.2, -0.15) is 11.8 Å². The fraction of sp³-hybridized carbons (Fsp3) is 0.611. The molecule has 26 heavy (non-hydrogen) atoms. The first-order valence-corrected chi connectivity index (χ1v) is 10.3. The highest BCUT2D eigenvalue weighted by atomic mass is 32.2. The first-order valence-electron chi connectivity index (χ1n) is 8.92. The van der Waals surface area contributed by atoms with E-state index in [4.69, 9.17) is 9.15 Å². The van der Waals surface area contributed by atoms with Gasteiger partial charge >= 0.3 is 5.97 Å². The molecule has 1 aromatic heterocycles. The Hall–Kier alpha value is -1.80. The number of amides is 2. The van der Waals surface area contributed by atoms with Crippen molar-refractivity contribution in [3.8, 4) is 0 Å². The number of likely N-dealkylation sites (tertiary alicyclic amines) is 1. The van der Waals surface area contributed by atoms with Gasteiger partial charge in [0.1, 0.15) is 11.8 Å². The van der Waals surface area contributed by atoms with E-state index in [0.29, 0.717) is 24.5 Å². The molecule has 2 aliphatic rings. The van der Waals surface area contributed by atoms with Crippen molar-refractivity contribution in [3.63, 3.8) is 0 Å². The molecule has 0 spiro atoms. The number of hydrogen-bond acceptors (Lipinski definition) is 6. The van der Waals surface area contributed by atoms with Gasteiger partial charge in [0.2, 0.25) is 17.4 Å². The summed E-state index contributed by atoms with van der Waals surface area (Å²) in [5.41, 5.74) is -1.10. The summed E-state index contributed by atoms with van der Waals surface area (Å²) in [5.74, 6) is -0.961. The summed E-state index contributed by atoms with van der Waals surface area (Å²) in [6.45, 7) is 4.06. The van der Waals surface area contributed by atoms with Crippen LogP contribution in [0.3, 0.4) is 0 Å². The van der Waals surface area contributed by atoms with Crippen molar-refractivity contribution in [2.45, 2.75) is 31.8 Å². The van der Waals surface area contributed by atoms with Gasteiger partial charge in [-0.05, 0) is 38.0 Å². The zero-order valence-corrected chi connectivity index (χ0v) is 16.1. The topological polar surface area (TPSA) is 93.4 Å². The third-order valence-electron chi connectivity index (χ3n) is 5.42. The van der Waals surface area contributed by atoms with E-state index in [1.807, 2.05) is 11.6 Å². The lowest BCUT2D eigenvalue weighted by Gasteiger charge is -2.29. The average molecular weight is 381 g/mol. The van der Waals surface area contributed by atoms with Gasteiger partial charge < -0.3 is 14.5 Å². The molecule has 2 N–H and O–H groups in total. The summed E-state index contributed by atoms with van der Waals surface area (Å²) in [6.07, 6.45) is 3.96. The Kier molecular flexibility index (Phi) is 5.43. The van der Waals surface area contributed by atoms with Crippen molar-refractivity contribution < 1.29 is 28.9 Å². The van der Waals surface area contributed by atoms with Crippen molar-refractivity contribution >= 4 is 29.5 Å². The maximum Gasteiger partial charge on any atom is 0.368 e. The standard InChI is InChI=1S/C18H24N2O5S/c1-4-20-15(21)12-13(16(20)22)18(8-10-26-3,17(23)24-5-2)19-14(12)11-7-6-9-25-11/h6-7,9,12-14,19H,4-5,8,10H2,1-3H3/p+1/t12-,13-,14-,18+/m0/s1. The smallest absolute Gasteiger partial charge is 0.368 e. The first-order chi connectivity index (χ1) is 12.5. The van der Waals surface area contributed by atoms with E-state index in [-0.39, 0.29) is 18.4 Å². The molecule has 0 saturated carbocycles. The summed E-state index contributed by atoms with van der Waals surface area (Å²) in [5, 5.41) is 1.85. The number of rotatable bonds is 7. The van der Waals surface area contributed by atoms with Crippen LogP contribution in [0, 0.1) is 11.8 Å². The van der Waals surface area contributed by atoms with Gasteiger partial charge in [0, 0.05) is 13.0 Å². The van der Waals surface area contributed by atoms with Crippen LogP contribution >= 0.6 is 11.8 Å². The number of esters is 1. The highest BCUT2D eigenvalue weighted by molar-refractivity contribution is 7.98. The minimum absolute atomic E-state index is 0.226. The quantitative estimate of drug-likeness (QED) is 0.548. The molecule has 0 bridgehead atoms. The molecule has 0 unspecified atom stereocenters. The van der Waals surface area contributed by atoms with Gasteiger partial charge in [0.15, 0.2) is 11.8 Å². The Morgan fingerprint density at radius 1 is 1.38 bits per heavy atom. The lowest BCUT2D eigenvalue weighted by atomic mass is 9.78. The summed E-state index contributed by atoms with van der Waals surface area (Å²) in [4.78, 5) is 40.3. The molecule has 2 amide bonds. The predicted molar refractivity (Wildman–Crippen MR) is 95.1 cm³/mol. The van der Waals surface area contributed by atoms with Crippen LogP contribution in [0.15, 0.2) is 22.8 Å². The molecule has 142 valence electrons. The van der Waals surface area contributed by atoms with Gasteiger partial charge in [-0.3, -0.25) is 14.5 Å². The number of quaternary nitrogens is 1. The number of carbonyl (C=O) groups excluding carboxylic acids is 3. The Balaban J connectivity index is 2.10. The number of furan rings is 1. The summed E-state index contributed by atoms with van der Waals surface area (Å²) in [7, 11) is 0. The molecule has 3 rings (SSSR count). The number of nitrogens with zero attached hydrogens (tertiary/aromatic N) is 1. The van der Waals surface area contributed by atoms with Crippen molar-refractivity contribution in [1.82, 2.24) is 4.90 Å². The van der Waals surface area contributed by atoms with E-state index in [1.54, 1.807) is 44.0 Å². The summed E-state index contributed by atoms with van der Waals surface area (Å²) < 4.78 is 10.9. The molecule has 0 aromatic carbocycles. The van der Waals surface area contributed by atoms with Crippen molar-refractivity contribution in [2.24, 2.45) is 11.8 Å². The molecule has 8 heteroatoms. The third kappa shape index (κ3) is 2.75. The maximum absolute atomic E-state index is 13.1. The number of fused-ring (bicyclic) bond motifs is 1. The van der Waals surface area contributed by atoms with E-state index >= 15 is 0 Å². The summed E-state index contributed by atoms with van der Waals surface area (Å²) >= 11 is 1.60. The number of hydrogen-bond donors (Lipinski definition) is 1. The van der Waals surface area contributed by atoms with Crippen molar-refractivity contribution in [3.05, 3.63) is 24.2 Å². The average Bonchev–Trinajstić information content (AvgIpc) is 3.31. The number of thioether (sulfide) groups is 1. The lowest BCUT2D eigenvalue weighted by Crippen LogP contribution is -2.98. The highest BCUT2D eigenvalue weighted by Gasteiger charge is 2.72. The fourth-order valence-corrected chi connectivity index (χ4v) is 4.85. The van der Waals surface area contributed by atoms with Crippen LogP contribution in [-0.2, 0) is 19.1 Å². The van der Waals surface area contributed by atoms with Gasteiger partial charge in [0.25, 0.3) is 0 Å². The molecular weight excluding hydrogens is 356 g/mol. The molecule has 0 radical (unpaired) electrons. The molecule has 0 aliphatic carbocycles. The van der Waals surface area contributed by atoms with E-state index in [9.17, 15) is 14.4 Å². The molecule has 2 saturated heterocycles. The monoisotopic (exact) mass is 381 g/mol. The van der Waals surface area contributed by atoms with E-state index in [1.165, 1.54) is 4.90 Å². The van der Waals surface area contributed by atoms with E-state index in [0.717, 1.165) is 0 Å². The second-order valence-electron chi connectivity index (χ2n) is 6.64. The Morgan fingerprint density at radius 3 is 2.73 bits per heavy atom. The van der Waals surface area contributed by atoms with Gasteiger partial charge in [-0.15, -0.1) is 0 Å². The molecule has 4 atom stereocenters. The van der Waals surface area contributed by atoms with Gasteiger partial charge in [0.05, 0.1) is 12.9 Å². The Morgan fingerprint density at radius 2 is 2.15 bits per heavy atom. The van der Waals surface area contributed by atoms with Crippen molar-refractivity contribution in [2.75, 3.05) is 25.2 Å². The van der Waals surface area contributed by atoms with E-state index < -0.39 is 29.4 Å². The normalized spacial score (nSPS) is 30.7. The minimum atomic E-state index is -1.10. The van der Waals surface area contributed by atoms with Crippen LogP contribution in [0.5, 0.6) is 0 Å². The number of nitrogens with two attached hydrogens (primary N) is 1. The number of carbonyl (C=O) groups is 3. The molecule has 1 aromatic rings. The lowest BCUT2D eigenvalue weighted by molar-refractivity contribution is -0.736. The van der Waals surface area contributed by atoms with Crippen LogP contribution in [-0.4, -0.2) is 53.4 Å². The van der Waals surface area contributed by atoms with Crippen LogP contribution in [0.2, 0.25) is 0 Å². The fourth-order valence-electron chi connectivity index (χ4n) is 4.31. The van der Waals surface area contributed by atoms with Gasteiger partial charge in [-0.1, -0.05) is 0 Å². The maximum atomic E-state index is 13.1. The van der Waals surface area contributed by atoms with Crippen LogP contribution in [0.1, 0.15) is 32.1 Å². The van der Waals surface area contributed by atoms with Gasteiger partial charge in [-0.25, -0.2) is 4.79 Å². The highest BCUT2D eigenvalue weighted by Crippen LogP contribution is 2.46. The largest absolute Gasteiger partial charge is 0.463 e. The van der Waals surface area contributed by atoms with E-state index in [2.05, 4.69) is 0 Å². The van der Waals surface area contributed by atoms with Crippen LogP contribution in [0.25, 0.3) is 0 Å². The second-order valence-corrected chi connectivity index (χ2v) is 7.62. The molecule has 2 fully saturated rings. The SMILES string of the molecule is CCOC(=O)[C@]1(CCSC)[NH2+][C@@H](c2ccco2)[C@H]2C(=O)N(CC)C(=O)[C@H]21. The van der Waals surface area contributed by atoms with Crippen molar-refractivity contribution in [1.29, 1.82) is 0 Å². The summed E-state index contributed by atoms with van der Waals surface area (Å²) in [6, 6.07) is 3.14. The first kappa shape index (κ1) is 19.0. The molecular formula is C18H25N2O5S+. The molecule has 7 nitrogen and oxygen atoms in total. The predicted octanol–water partition coefficient (Wildman–Crippen LogP) is 0.574. The third-order valence-corrected chi connectivity index (χ3v) is 6.04. The molecule has 2 aliphatic heterocycles. The molecule has 3 heterocycles. The number of imide groups is 1. The number of ether oxygens (including phenoxy) is 1. The zero-order valence-electron chi connectivity index (χ0n) is 15.3. The zero-order chi connectivity index (χ0) is 18.9. The Labute approximate surface area is 156 Å². The minimum Gasteiger partial charge on any atom is -0.463 e.